The zero-order chi connectivity index (χ0) is 76.0. The minimum atomic E-state index is -5.00. The van der Waals surface area contributed by atoms with Gasteiger partial charge in [0.1, 0.15) is 19.3 Å². The monoisotopic (exact) mass is 1490 g/mol. The van der Waals surface area contributed by atoms with Gasteiger partial charge in [-0.1, -0.05) is 268 Å². The van der Waals surface area contributed by atoms with E-state index in [1.54, 1.807) is 0 Å². The van der Waals surface area contributed by atoms with Gasteiger partial charge in [0.25, 0.3) is 0 Å². The molecular weight excluding hydrogens is 1350 g/mol. The molecule has 5 unspecified atom stereocenters. The van der Waals surface area contributed by atoms with Crippen molar-refractivity contribution >= 4 is 39.5 Å². The summed E-state index contributed by atoms with van der Waals surface area (Å²) in [5.74, 6) is -2.35. The third-order valence-corrected chi connectivity index (χ3v) is 17.6. The Morgan fingerprint density at radius 3 is 0.875 bits per heavy atom. The first-order valence-corrected chi connectivity index (χ1v) is 42.4. The number of phosphoric acid groups is 2. The third kappa shape index (κ3) is 74.7. The van der Waals surface area contributed by atoms with Crippen LogP contribution in [0.3, 0.4) is 0 Å². The average Bonchev–Trinajstić information content (AvgIpc) is 0.931. The highest BCUT2D eigenvalue weighted by Gasteiger charge is 2.30. The molecule has 0 aliphatic carbocycles. The van der Waals surface area contributed by atoms with Crippen LogP contribution >= 0.6 is 15.6 Å². The number of aliphatic hydroxyl groups excluding tert-OH is 1. The number of unbranched alkanes of at least 4 members (excludes halogenated alkanes) is 18. The van der Waals surface area contributed by atoms with Crippen molar-refractivity contribution in [1.82, 2.24) is 0 Å². The molecule has 0 heterocycles. The van der Waals surface area contributed by atoms with Crippen LogP contribution in [0.2, 0.25) is 0 Å². The van der Waals surface area contributed by atoms with Crippen molar-refractivity contribution in [3.05, 3.63) is 170 Å². The molecular formula is C85H138O17P2. The Morgan fingerprint density at radius 2 is 0.529 bits per heavy atom. The summed E-state index contributed by atoms with van der Waals surface area (Å²) in [6, 6.07) is 0. The first kappa shape index (κ1) is 98.4. The van der Waals surface area contributed by atoms with Gasteiger partial charge >= 0.3 is 39.5 Å². The molecule has 0 amide bonds. The molecule has 17 nitrogen and oxygen atoms in total. The lowest BCUT2D eigenvalue weighted by Crippen LogP contribution is -2.30. The lowest BCUT2D eigenvalue weighted by atomic mass is 10.1. The van der Waals surface area contributed by atoms with E-state index in [1.165, 1.54) is 25.7 Å². The molecule has 3 N–H and O–H groups in total. The molecule has 104 heavy (non-hydrogen) atoms. The number of aliphatic hydroxyl groups is 1. The van der Waals surface area contributed by atoms with E-state index in [-0.39, 0.29) is 25.7 Å². The summed E-state index contributed by atoms with van der Waals surface area (Å²) in [7, 11) is -10.0. The number of carbonyl (C=O) groups is 4. The van der Waals surface area contributed by atoms with Crippen molar-refractivity contribution in [2.75, 3.05) is 39.6 Å². The van der Waals surface area contributed by atoms with Crippen LogP contribution in [0.5, 0.6) is 0 Å². The number of hydrogen-bond donors (Lipinski definition) is 3. The summed E-state index contributed by atoms with van der Waals surface area (Å²) in [5, 5.41) is 10.6. The zero-order valence-electron chi connectivity index (χ0n) is 64.4. The standard InChI is InChI=1S/C85H138O17P2/c1-5-9-13-17-21-25-29-32-35-37-39-41-44-46-50-53-57-61-65-69-82(87)95-75-80(101-84(89)71-67-63-59-55-49-28-24-20-16-12-8-4)77-99-103(91,92)97-73-79(86)74-98-104(93,94)100-78-81(102-85(90)72-68-64-60-56-52-48-43-34-31-27-23-19-15-11-7-3)76-96-83(88)70-66-62-58-54-51-47-45-42-40-38-36-33-30-26-22-18-14-10-6-2/h9-10,13-14,20-27,32-36,39-43,46-47,50-51,57,61,79-81,86H,5-8,11-12,15-19,28-31,37-38,44-45,48-49,52-56,58-60,62-78H2,1-4H3,(H,91,92)(H,93,94)/b13-9-,14-10-,24-20-,25-21-,26-22-,27-23-,35-32-,36-33-,41-39-,42-40-,43-34-,50-46-,51-47-,61-57-. The molecule has 19 heteroatoms. The lowest BCUT2D eigenvalue weighted by Gasteiger charge is -2.21. The van der Waals surface area contributed by atoms with Gasteiger partial charge in [-0.2, -0.15) is 0 Å². The van der Waals surface area contributed by atoms with Crippen molar-refractivity contribution in [2.45, 2.75) is 303 Å². The molecule has 0 aromatic rings. The topological polar surface area (TPSA) is 237 Å². The Morgan fingerprint density at radius 1 is 0.279 bits per heavy atom. The highest BCUT2D eigenvalue weighted by molar-refractivity contribution is 7.47. The van der Waals surface area contributed by atoms with E-state index in [4.69, 9.17) is 37.0 Å². The molecule has 0 aromatic carbocycles. The highest BCUT2D eigenvalue weighted by atomic mass is 31.2. The Hall–Kier alpha value is -5.58. The minimum Gasteiger partial charge on any atom is -0.462 e. The highest BCUT2D eigenvalue weighted by Crippen LogP contribution is 2.45. The van der Waals surface area contributed by atoms with Crippen LogP contribution in [-0.4, -0.2) is 96.7 Å². The van der Waals surface area contributed by atoms with Crippen LogP contribution in [0, 0.1) is 0 Å². The number of phosphoric ester groups is 2. The first-order chi connectivity index (χ1) is 50.7. The van der Waals surface area contributed by atoms with E-state index < -0.39 is 97.5 Å². The number of ether oxygens (including phenoxy) is 4. The Labute approximate surface area is 629 Å². The minimum absolute atomic E-state index is 0.0287. The average molecular weight is 1490 g/mol. The molecule has 0 aromatic heterocycles. The molecule has 0 fully saturated rings. The maximum absolute atomic E-state index is 13.1. The molecule has 590 valence electrons. The number of allylic oxidation sites excluding steroid dienone is 28. The predicted molar refractivity (Wildman–Crippen MR) is 426 cm³/mol. The summed E-state index contributed by atoms with van der Waals surface area (Å²) < 4.78 is 68.4. The van der Waals surface area contributed by atoms with Crippen molar-refractivity contribution in [3.8, 4) is 0 Å². The second-order valence-electron chi connectivity index (χ2n) is 25.5. The van der Waals surface area contributed by atoms with Gasteiger partial charge in [-0.3, -0.25) is 37.3 Å². The van der Waals surface area contributed by atoms with Crippen molar-refractivity contribution < 1.29 is 80.2 Å². The first-order valence-electron chi connectivity index (χ1n) is 39.4. The number of esters is 4. The van der Waals surface area contributed by atoms with E-state index in [2.05, 4.69) is 180 Å². The van der Waals surface area contributed by atoms with Gasteiger partial charge in [0.15, 0.2) is 12.2 Å². The van der Waals surface area contributed by atoms with Gasteiger partial charge in [-0.25, -0.2) is 9.13 Å². The second kappa shape index (κ2) is 75.6. The normalized spacial score (nSPS) is 14.8. The van der Waals surface area contributed by atoms with E-state index >= 15 is 0 Å². The fourth-order valence-electron chi connectivity index (χ4n) is 9.69. The van der Waals surface area contributed by atoms with Crippen LogP contribution in [0.25, 0.3) is 0 Å². The van der Waals surface area contributed by atoms with E-state index in [0.29, 0.717) is 32.1 Å². The van der Waals surface area contributed by atoms with Crippen LogP contribution in [0.1, 0.15) is 285 Å². The van der Waals surface area contributed by atoms with E-state index in [0.717, 1.165) is 173 Å². The summed E-state index contributed by atoms with van der Waals surface area (Å²) in [6.07, 6.45) is 89.3. The van der Waals surface area contributed by atoms with Crippen LogP contribution in [-0.2, 0) is 65.4 Å². The maximum Gasteiger partial charge on any atom is 0.472 e. The predicted octanol–water partition coefficient (Wildman–Crippen LogP) is 23.0. The molecule has 0 aliphatic rings. The quantitative estimate of drug-likeness (QED) is 0.0169. The van der Waals surface area contributed by atoms with Crippen LogP contribution in [0.15, 0.2) is 170 Å². The van der Waals surface area contributed by atoms with E-state index in [9.17, 15) is 43.2 Å². The van der Waals surface area contributed by atoms with Crippen molar-refractivity contribution in [2.24, 2.45) is 0 Å². The third-order valence-electron chi connectivity index (χ3n) is 15.7. The molecule has 0 radical (unpaired) electrons. The number of rotatable bonds is 72. The van der Waals surface area contributed by atoms with Crippen molar-refractivity contribution in [3.63, 3.8) is 0 Å². The SMILES string of the molecule is CC/C=C\C/C=C\C/C=C\C/C=C\C/C=C\C/C=C\CCC(=O)OCC(COP(=O)(O)OCC(O)COP(=O)(O)OCC(COC(=O)CCCCC/C=C\C/C=C\C/C=C\C/C=C\C/C=C\CC)OC(=O)CCCCCCC/C=C\C/C=C\CCCCC)OC(=O)CCCCCCC/C=C\CCCC. The largest absolute Gasteiger partial charge is 0.472 e. The molecule has 0 saturated heterocycles. The Kier molecular flexibility index (Phi) is 71.6. The molecule has 0 bridgehead atoms. The summed E-state index contributed by atoms with van der Waals surface area (Å²) in [6.45, 7) is 4.41. The lowest BCUT2D eigenvalue weighted by molar-refractivity contribution is -0.161. The van der Waals surface area contributed by atoms with Gasteiger partial charge in [-0.15, -0.1) is 0 Å². The second-order valence-corrected chi connectivity index (χ2v) is 28.4. The van der Waals surface area contributed by atoms with Crippen LogP contribution in [0.4, 0.5) is 0 Å². The molecule has 0 saturated carbocycles. The van der Waals surface area contributed by atoms with Crippen molar-refractivity contribution in [1.29, 1.82) is 0 Å². The van der Waals surface area contributed by atoms with Gasteiger partial charge in [0.05, 0.1) is 26.4 Å². The van der Waals surface area contributed by atoms with Gasteiger partial charge in [0, 0.05) is 25.7 Å². The van der Waals surface area contributed by atoms with E-state index in [1.807, 2.05) is 18.2 Å². The van der Waals surface area contributed by atoms with Crippen LogP contribution < -0.4 is 0 Å². The fourth-order valence-corrected chi connectivity index (χ4v) is 11.3. The van der Waals surface area contributed by atoms with Gasteiger partial charge < -0.3 is 33.8 Å². The molecule has 5 atom stereocenters. The summed E-state index contributed by atoms with van der Waals surface area (Å²) in [4.78, 5) is 72.9. The molecule has 0 aliphatic heterocycles. The van der Waals surface area contributed by atoms with Gasteiger partial charge in [0.2, 0.25) is 0 Å². The Balaban J connectivity index is 5.44. The summed E-state index contributed by atoms with van der Waals surface area (Å²) >= 11 is 0. The summed E-state index contributed by atoms with van der Waals surface area (Å²) in [5.41, 5.74) is 0. The Bertz CT molecular complexity index is 2640. The fraction of sp³-hybridized carbons (Fsp3) is 0.624. The van der Waals surface area contributed by atoms with Gasteiger partial charge in [-0.05, 0) is 161 Å². The number of carbonyl (C=O) groups excluding carboxylic acids is 4. The molecule has 0 spiro atoms. The number of hydrogen-bond acceptors (Lipinski definition) is 15. The molecule has 0 rings (SSSR count). The maximum atomic E-state index is 13.1. The zero-order valence-corrected chi connectivity index (χ0v) is 66.2. The smallest absolute Gasteiger partial charge is 0.462 e.